The zero-order valence-corrected chi connectivity index (χ0v) is 9.48. The van der Waals surface area contributed by atoms with Crippen molar-refractivity contribution in [1.29, 1.82) is 0 Å². The second-order valence-electron chi connectivity index (χ2n) is 3.94. The lowest BCUT2D eigenvalue weighted by atomic mass is 10.1. The topological polar surface area (TPSA) is 37.4 Å². The molecule has 3 nitrogen and oxygen atoms in total. The molecule has 0 spiro atoms. The number of imide groups is 1. The molecular weight excluding hydrogens is 240 g/mol. The van der Waals surface area contributed by atoms with Gasteiger partial charge in [-0.15, -0.1) is 0 Å². The third-order valence-electron chi connectivity index (χ3n) is 2.66. The molecule has 0 bridgehead atoms. The van der Waals surface area contributed by atoms with E-state index in [1.165, 1.54) is 12.2 Å². The molecule has 1 aromatic carbocycles. The number of carbonyl (C=O) groups excluding carboxylic acids is 2. The van der Waals surface area contributed by atoms with Crippen LogP contribution in [-0.2, 0) is 16.0 Å². The average Bonchev–Trinajstić information content (AvgIpc) is 2.67. The van der Waals surface area contributed by atoms with Crippen LogP contribution in [0.25, 0.3) is 0 Å². The summed E-state index contributed by atoms with van der Waals surface area (Å²) in [4.78, 5) is 23.8. The van der Waals surface area contributed by atoms with Crippen LogP contribution in [0.3, 0.4) is 0 Å². The van der Waals surface area contributed by atoms with Crippen LogP contribution in [0.1, 0.15) is 12.0 Å². The minimum atomic E-state index is -2.32. The molecule has 0 unspecified atom stereocenters. The summed E-state index contributed by atoms with van der Waals surface area (Å²) in [5.74, 6) is -0.777. The molecule has 1 aliphatic rings. The standard InChI is InChI=1S/C13H11F2NO2/c14-11(15)6-3-9-1-4-10(5-2-9)16-12(17)7-8-13(16)18/h1-2,4-5,7-8,11H,3,6H2. The highest BCUT2D eigenvalue weighted by atomic mass is 19.3. The number of anilines is 1. The van der Waals surface area contributed by atoms with Crippen LogP contribution in [0.2, 0.25) is 0 Å². The smallest absolute Gasteiger partial charge is 0.258 e. The van der Waals surface area contributed by atoms with Gasteiger partial charge in [-0.2, -0.15) is 0 Å². The minimum absolute atomic E-state index is 0.192. The second-order valence-corrected chi connectivity index (χ2v) is 3.94. The maximum atomic E-state index is 12.0. The first-order valence-corrected chi connectivity index (χ1v) is 5.51. The molecule has 5 heteroatoms. The Bertz CT molecular complexity index is 476. The van der Waals surface area contributed by atoms with Gasteiger partial charge in [-0.05, 0) is 24.1 Å². The second kappa shape index (κ2) is 5.08. The van der Waals surface area contributed by atoms with Gasteiger partial charge >= 0.3 is 0 Å². The van der Waals surface area contributed by atoms with E-state index in [-0.39, 0.29) is 24.7 Å². The molecule has 0 radical (unpaired) electrons. The van der Waals surface area contributed by atoms with Crippen molar-refractivity contribution in [3.8, 4) is 0 Å². The Hall–Kier alpha value is -2.04. The van der Waals surface area contributed by atoms with Crippen molar-refractivity contribution in [2.24, 2.45) is 0 Å². The molecule has 1 heterocycles. The Kier molecular flexibility index (Phi) is 3.50. The van der Waals surface area contributed by atoms with Crippen molar-refractivity contribution in [2.45, 2.75) is 19.3 Å². The van der Waals surface area contributed by atoms with Crippen molar-refractivity contribution in [3.05, 3.63) is 42.0 Å². The summed E-state index contributed by atoms with van der Waals surface area (Å²) in [5, 5.41) is 0. The number of benzene rings is 1. The molecule has 0 N–H and O–H groups in total. The summed E-state index contributed by atoms with van der Waals surface area (Å²) in [5.41, 5.74) is 1.21. The van der Waals surface area contributed by atoms with Gasteiger partial charge in [0.15, 0.2) is 0 Å². The number of hydrogen-bond acceptors (Lipinski definition) is 2. The maximum absolute atomic E-state index is 12.0. The zero-order valence-electron chi connectivity index (χ0n) is 9.48. The molecule has 94 valence electrons. The molecule has 0 fully saturated rings. The predicted octanol–water partition coefficient (Wildman–Crippen LogP) is 2.31. The fourth-order valence-corrected chi connectivity index (χ4v) is 1.74. The summed E-state index contributed by atoms with van der Waals surface area (Å²) in [6.45, 7) is 0. The Morgan fingerprint density at radius 3 is 2.06 bits per heavy atom. The van der Waals surface area contributed by atoms with Crippen LogP contribution in [0.5, 0.6) is 0 Å². The maximum Gasteiger partial charge on any atom is 0.258 e. The molecular formula is C13H11F2NO2. The molecule has 1 aromatic rings. The van der Waals surface area contributed by atoms with Crippen LogP contribution in [0, 0.1) is 0 Å². The Morgan fingerprint density at radius 1 is 1.00 bits per heavy atom. The average molecular weight is 251 g/mol. The normalized spacial score (nSPS) is 14.9. The Morgan fingerprint density at radius 2 is 1.56 bits per heavy atom. The minimum Gasteiger partial charge on any atom is -0.269 e. The number of halogens is 2. The van der Waals surface area contributed by atoms with Gasteiger partial charge in [-0.3, -0.25) is 9.59 Å². The molecule has 1 aliphatic heterocycles. The van der Waals surface area contributed by atoms with Crippen LogP contribution in [-0.4, -0.2) is 18.2 Å². The first kappa shape index (κ1) is 12.4. The van der Waals surface area contributed by atoms with Gasteiger partial charge < -0.3 is 0 Å². The Labute approximate surface area is 103 Å². The fourth-order valence-electron chi connectivity index (χ4n) is 1.74. The molecule has 0 saturated heterocycles. The largest absolute Gasteiger partial charge is 0.269 e. The summed E-state index contributed by atoms with van der Waals surface area (Å²) in [6.07, 6.45) is 0.163. The van der Waals surface area contributed by atoms with Crippen LogP contribution < -0.4 is 4.90 Å². The monoisotopic (exact) mass is 251 g/mol. The van der Waals surface area contributed by atoms with E-state index in [0.29, 0.717) is 5.69 Å². The quantitative estimate of drug-likeness (QED) is 0.770. The van der Waals surface area contributed by atoms with Crippen molar-refractivity contribution >= 4 is 17.5 Å². The number of carbonyl (C=O) groups is 2. The fraction of sp³-hybridized carbons (Fsp3) is 0.231. The van der Waals surface area contributed by atoms with Crippen molar-refractivity contribution in [1.82, 2.24) is 0 Å². The van der Waals surface area contributed by atoms with Gasteiger partial charge in [0.05, 0.1) is 5.69 Å². The molecule has 0 saturated carbocycles. The molecule has 0 aromatic heterocycles. The number of alkyl halides is 2. The van der Waals surface area contributed by atoms with Crippen LogP contribution >= 0.6 is 0 Å². The lowest BCUT2D eigenvalue weighted by Gasteiger charge is -2.14. The van der Waals surface area contributed by atoms with Gasteiger partial charge in [0.1, 0.15) is 0 Å². The van der Waals surface area contributed by atoms with Crippen LogP contribution in [0.15, 0.2) is 36.4 Å². The Balaban J connectivity index is 2.08. The van der Waals surface area contributed by atoms with E-state index in [4.69, 9.17) is 0 Å². The SMILES string of the molecule is O=C1C=CC(=O)N1c1ccc(CCC(F)F)cc1. The third kappa shape index (κ3) is 2.61. The molecule has 2 rings (SSSR count). The van der Waals surface area contributed by atoms with E-state index in [9.17, 15) is 18.4 Å². The first-order chi connectivity index (χ1) is 8.58. The van der Waals surface area contributed by atoms with Gasteiger partial charge in [0, 0.05) is 18.6 Å². The van der Waals surface area contributed by atoms with Gasteiger partial charge in [0.2, 0.25) is 6.43 Å². The summed E-state index contributed by atoms with van der Waals surface area (Å²) in [7, 11) is 0. The number of amides is 2. The molecule has 2 amide bonds. The third-order valence-corrected chi connectivity index (χ3v) is 2.66. The first-order valence-electron chi connectivity index (χ1n) is 5.51. The van der Waals surface area contributed by atoms with E-state index >= 15 is 0 Å². The van der Waals surface area contributed by atoms with Crippen molar-refractivity contribution in [3.63, 3.8) is 0 Å². The van der Waals surface area contributed by atoms with Crippen LogP contribution in [0.4, 0.5) is 14.5 Å². The van der Waals surface area contributed by atoms with E-state index in [1.807, 2.05) is 0 Å². The van der Waals surface area contributed by atoms with E-state index in [2.05, 4.69) is 0 Å². The van der Waals surface area contributed by atoms with E-state index in [0.717, 1.165) is 10.5 Å². The summed E-state index contributed by atoms with van der Waals surface area (Å²) < 4.78 is 24.1. The highest BCUT2D eigenvalue weighted by molar-refractivity contribution is 6.28. The van der Waals surface area contributed by atoms with Crippen molar-refractivity contribution in [2.75, 3.05) is 4.90 Å². The van der Waals surface area contributed by atoms with E-state index < -0.39 is 6.43 Å². The lowest BCUT2D eigenvalue weighted by Crippen LogP contribution is -2.29. The highest BCUT2D eigenvalue weighted by Crippen LogP contribution is 2.20. The number of aryl methyl sites for hydroxylation is 1. The number of hydrogen-bond donors (Lipinski definition) is 0. The molecule has 18 heavy (non-hydrogen) atoms. The summed E-state index contributed by atoms with van der Waals surface area (Å²) in [6, 6.07) is 6.47. The summed E-state index contributed by atoms with van der Waals surface area (Å²) >= 11 is 0. The molecule has 0 atom stereocenters. The van der Waals surface area contributed by atoms with Gasteiger partial charge in [-0.25, -0.2) is 13.7 Å². The number of rotatable bonds is 4. The number of nitrogens with zero attached hydrogens (tertiary/aromatic N) is 1. The van der Waals surface area contributed by atoms with E-state index in [1.54, 1.807) is 24.3 Å². The highest BCUT2D eigenvalue weighted by Gasteiger charge is 2.24. The van der Waals surface area contributed by atoms with Gasteiger partial charge in [-0.1, -0.05) is 12.1 Å². The lowest BCUT2D eigenvalue weighted by molar-refractivity contribution is -0.119. The molecule has 0 aliphatic carbocycles. The predicted molar refractivity (Wildman–Crippen MR) is 62.4 cm³/mol. The van der Waals surface area contributed by atoms with Gasteiger partial charge in [0.25, 0.3) is 11.8 Å². The zero-order chi connectivity index (χ0) is 13.1. The van der Waals surface area contributed by atoms with Crippen molar-refractivity contribution < 1.29 is 18.4 Å².